The van der Waals surface area contributed by atoms with Crippen molar-refractivity contribution in [1.82, 2.24) is 14.3 Å². The van der Waals surface area contributed by atoms with Crippen LogP contribution in [0.5, 0.6) is 0 Å². The number of fused-ring (bicyclic) bond motifs is 1. The van der Waals surface area contributed by atoms with Crippen LogP contribution in [0.1, 0.15) is 43.3 Å². The predicted molar refractivity (Wildman–Crippen MR) is 107 cm³/mol. The van der Waals surface area contributed by atoms with Crippen molar-refractivity contribution in [1.29, 1.82) is 0 Å². The van der Waals surface area contributed by atoms with Gasteiger partial charge < -0.3 is 0 Å². The molecule has 1 atom stereocenters. The van der Waals surface area contributed by atoms with Crippen LogP contribution < -0.4 is 5.56 Å². The van der Waals surface area contributed by atoms with Gasteiger partial charge in [0.25, 0.3) is 5.56 Å². The van der Waals surface area contributed by atoms with Crippen LogP contribution >= 0.6 is 27.3 Å². The number of halogens is 1. The second-order valence-electron chi connectivity index (χ2n) is 6.25. The van der Waals surface area contributed by atoms with Gasteiger partial charge in [-0.15, -0.1) is 11.3 Å². The highest BCUT2D eigenvalue weighted by Crippen LogP contribution is 2.28. The molecule has 6 heteroatoms. The van der Waals surface area contributed by atoms with Gasteiger partial charge in [-0.25, -0.2) is 4.98 Å². The van der Waals surface area contributed by atoms with Gasteiger partial charge in [0, 0.05) is 34.2 Å². The molecule has 0 unspecified atom stereocenters. The van der Waals surface area contributed by atoms with E-state index in [0.717, 1.165) is 33.8 Å². The van der Waals surface area contributed by atoms with Crippen molar-refractivity contribution >= 4 is 32.2 Å². The molecule has 2 aromatic heterocycles. The van der Waals surface area contributed by atoms with Crippen LogP contribution in [0.25, 0.3) is 4.96 Å². The first-order valence-electron chi connectivity index (χ1n) is 8.46. The van der Waals surface area contributed by atoms with Gasteiger partial charge in [-0.1, -0.05) is 41.1 Å². The van der Waals surface area contributed by atoms with Gasteiger partial charge in [0.2, 0.25) is 0 Å². The molecule has 0 spiro atoms. The van der Waals surface area contributed by atoms with E-state index in [1.807, 2.05) is 18.4 Å². The first kappa shape index (κ1) is 18.3. The second kappa shape index (κ2) is 7.81. The van der Waals surface area contributed by atoms with E-state index < -0.39 is 0 Å². The average molecular weight is 420 g/mol. The van der Waals surface area contributed by atoms with Crippen molar-refractivity contribution in [3.8, 4) is 0 Å². The second-order valence-corrected chi connectivity index (χ2v) is 7.94. The third-order valence-electron chi connectivity index (χ3n) is 4.41. The maximum atomic E-state index is 12.4. The molecule has 2 heterocycles. The summed E-state index contributed by atoms with van der Waals surface area (Å²) in [6.07, 6.45) is 1.05. The summed E-state index contributed by atoms with van der Waals surface area (Å²) in [5.74, 6) is 0. The third kappa shape index (κ3) is 3.86. The van der Waals surface area contributed by atoms with Crippen LogP contribution in [0.2, 0.25) is 0 Å². The third-order valence-corrected chi connectivity index (χ3v) is 6.07. The zero-order valence-corrected chi connectivity index (χ0v) is 17.1. The van der Waals surface area contributed by atoms with E-state index in [-0.39, 0.29) is 11.6 Å². The largest absolute Gasteiger partial charge is 0.291 e. The predicted octanol–water partition coefficient (Wildman–Crippen LogP) is 4.80. The van der Waals surface area contributed by atoms with Crippen LogP contribution in [-0.4, -0.2) is 20.8 Å². The Morgan fingerprint density at radius 3 is 2.84 bits per heavy atom. The first-order chi connectivity index (χ1) is 12.0. The molecule has 0 saturated carbocycles. The quantitative estimate of drug-likeness (QED) is 0.575. The molecule has 0 aliphatic heterocycles. The lowest BCUT2D eigenvalue weighted by molar-refractivity contribution is 0.199. The minimum Gasteiger partial charge on any atom is -0.291 e. The standard InChI is InChI=1S/C19H22BrN3OS/c1-4-9-22(14(3)16-7-5-6-8-17(16)20)11-15-10-18(24)23-13(2)12-25-19(23)21-15/h5-8,10,12,14H,4,9,11H2,1-3H3/t14-/m1/s1. The van der Waals surface area contributed by atoms with Gasteiger partial charge in [-0.05, 0) is 38.4 Å². The zero-order chi connectivity index (χ0) is 18.0. The zero-order valence-electron chi connectivity index (χ0n) is 14.7. The van der Waals surface area contributed by atoms with Gasteiger partial charge >= 0.3 is 0 Å². The maximum absolute atomic E-state index is 12.4. The summed E-state index contributed by atoms with van der Waals surface area (Å²) in [5.41, 5.74) is 3.03. The molecule has 25 heavy (non-hydrogen) atoms. The Labute approximate surface area is 160 Å². The fraction of sp³-hybridized carbons (Fsp3) is 0.368. The number of thiazole rings is 1. The Bertz CT molecular complexity index is 934. The molecule has 0 radical (unpaired) electrons. The molecule has 4 nitrogen and oxygen atoms in total. The van der Waals surface area contributed by atoms with E-state index in [2.05, 4.69) is 52.9 Å². The Balaban J connectivity index is 1.92. The summed E-state index contributed by atoms with van der Waals surface area (Å²) >= 11 is 5.17. The molecular weight excluding hydrogens is 398 g/mol. The van der Waals surface area contributed by atoms with Crippen LogP contribution in [0.15, 0.2) is 45.0 Å². The van der Waals surface area contributed by atoms with Gasteiger partial charge in [-0.3, -0.25) is 14.1 Å². The van der Waals surface area contributed by atoms with E-state index in [0.29, 0.717) is 6.54 Å². The van der Waals surface area contributed by atoms with Crippen molar-refractivity contribution in [3.05, 3.63) is 67.5 Å². The fourth-order valence-corrected chi connectivity index (χ4v) is 4.60. The molecule has 0 saturated heterocycles. The van der Waals surface area contributed by atoms with Gasteiger partial charge in [0.1, 0.15) is 0 Å². The van der Waals surface area contributed by atoms with E-state index in [4.69, 9.17) is 4.98 Å². The molecule has 0 bridgehead atoms. The first-order valence-corrected chi connectivity index (χ1v) is 10.1. The summed E-state index contributed by atoms with van der Waals surface area (Å²) in [6.45, 7) is 7.93. The Morgan fingerprint density at radius 2 is 2.12 bits per heavy atom. The van der Waals surface area contributed by atoms with Crippen LogP contribution in [0.4, 0.5) is 0 Å². The summed E-state index contributed by atoms with van der Waals surface area (Å²) in [5, 5.41) is 1.97. The molecule has 0 N–H and O–H groups in total. The van der Waals surface area contributed by atoms with Gasteiger partial charge in [0.05, 0.1) is 5.69 Å². The minimum absolute atomic E-state index is 0.00347. The molecular formula is C19H22BrN3OS. The summed E-state index contributed by atoms with van der Waals surface area (Å²) in [7, 11) is 0. The average Bonchev–Trinajstić information content (AvgIpc) is 2.96. The van der Waals surface area contributed by atoms with Gasteiger partial charge in [-0.2, -0.15) is 0 Å². The van der Waals surface area contributed by atoms with Crippen molar-refractivity contribution in [2.24, 2.45) is 0 Å². The number of benzene rings is 1. The van der Waals surface area contributed by atoms with E-state index in [1.54, 1.807) is 10.5 Å². The lowest BCUT2D eigenvalue weighted by Gasteiger charge is -2.29. The number of aryl methyl sites for hydroxylation is 1. The molecule has 0 fully saturated rings. The van der Waals surface area contributed by atoms with Crippen molar-refractivity contribution < 1.29 is 0 Å². The van der Waals surface area contributed by atoms with Crippen molar-refractivity contribution in [2.45, 2.75) is 39.8 Å². The Kier molecular flexibility index (Phi) is 5.71. The van der Waals surface area contributed by atoms with Crippen molar-refractivity contribution in [3.63, 3.8) is 0 Å². The number of aromatic nitrogens is 2. The summed E-state index contributed by atoms with van der Waals surface area (Å²) in [6, 6.07) is 10.2. The molecule has 1 aromatic carbocycles. The topological polar surface area (TPSA) is 37.6 Å². The SMILES string of the molecule is CCCN(Cc1cc(=O)n2c(C)csc2n1)[C@H](C)c1ccccc1Br. The normalized spacial score (nSPS) is 12.8. The minimum atomic E-state index is 0.00347. The number of hydrogen-bond donors (Lipinski definition) is 0. The van der Waals surface area contributed by atoms with Crippen LogP contribution in [0, 0.1) is 6.92 Å². The molecule has 0 aliphatic rings. The van der Waals surface area contributed by atoms with E-state index in [1.165, 1.54) is 16.9 Å². The lowest BCUT2D eigenvalue weighted by atomic mass is 10.1. The van der Waals surface area contributed by atoms with E-state index >= 15 is 0 Å². The smallest absolute Gasteiger partial charge is 0.259 e. The highest BCUT2D eigenvalue weighted by Gasteiger charge is 2.19. The molecule has 132 valence electrons. The van der Waals surface area contributed by atoms with Gasteiger partial charge in [0.15, 0.2) is 4.96 Å². The molecule has 0 aliphatic carbocycles. The van der Waals surface area contributed by atoms with Crippen molar-refractivity contribution in [2.75, 3.05) is 6.54 Å². The molecule has 0 amide bonds. The maximum Gasteiger partial charge on any atom is 0.259 e. The van der Waals surface area contributed by atoms with Crippen LogP contribution in [0.3, 0.4) is 0 Å². The Morgan fingerprint density at radius 1 is 1.36 bits per heavy atom. The summed E-state index contributed by atoms with van der Waals surface area (Å²) in [4.78, 5) is 20.3. The fourth-order valence-electron chi connectivity index (χ4n) is 3.10. The Hall–Kier alpha value is -1.50. The number of hydrogen-bond acceptors (Lipinski definition) is 4. The molecule has 3 rings (SSSR count). The lowest BCUT2D eigenvalue weighted by Crippen LogP contribution is -2.29. The monoisotopic (exact) mass is 419 g/mol. The molecule has 3 aromatic rings. The number of nitrogens with zero attached hydrogens (tertiary/aromatic N) is 3. The highest BCUT2D eigenvalue weighted by atomic mass is 79.9. The van der Waals surface area contributed by atoms with E-state index in [9.17, 15) is 4.79 Å². The highest BCUT2D eigenvalue weighted by molar-refractivity contribution is 9.10. The number of rotatable bonds is 6. The van der Waals surface area contributed by atoms with Crippen LogP contribution in [-0.2, 0) is 6.54 Å². The summed E-state index contributed by atoms with van der Waals surface area (Å²) < 4.78 is 2.79.